The first-order valence-electron chi connectivity index (χ1n) is 5.62. The van der Waals surface area contributed by atoms with Crippen LogP contribution < -0.4 is 5.73 Å². The topological polar surface area (TPSA) is 26.0 Å². The smallest absolute Gasteiger partial charge is 0.00136 e. The Morgan fingerprint density at radius 3 is 3.00 bits per heavy atom. The summed E-state index contributed by atoms with van der Waals surface area (Å²) in [7, 11) is 0. The zero-order chi connectivity index (χ0) is 9.97. The van der Waals surface area contributed by atoms with E-state index in [0.29, 0.717) is 6.04 Å². The van der Waals surface area contributed by atoms with E-state index in [-0.39, 0.29) is 0 Å². The number of rotatable bonds is 3. The van der Waals surface area contributed by atoms with Gasteiger partial charge < -0.3 is 5.73 Å². The molecule has 0 amide bonds. The summed E-state index contributed by atoms with van der Waals surface area (Å²) in [5, 5.41) is 0. The van der Waals surface area contributed by atoms with Crippen LogP contribution in [0.1, 0.15) is 36.5 Å². The van der Waals surface area contributed by atoms with E-state index >= 15 is 0 Å². The summed E-state index contributed by atoms with van der Waals surface area (Å²) in [6.45, 7) is 2.09. The minimum absolute atomic E-state index is 0.326. The predicted molar refractivity (Wildman–Crippen MR) is 60.4 cm³/mol. The van der Waals surface area contributed by atoms with Crippen molar-refractivity contribution in [1.29, 1.82) is 0 Å². The second-order valence-corrected chi connectivity index (χ2v) is 4.42. The van der Waals surface area contributed by atoms with Crippen molar-refractivity contribution in [2.75, 3.05) is 0 Å². The van der Waals surface area contributed by atoms with Crippen LogP contribution >= 0.6 is 0 Å². The Bertz CT molecular complexity index is 315. The first-order chi connectivity index (χ1) is 6.77. The molecule has 0 fully saturated rings. The predicted octanol–water partition coefficient (Wildman–Crippen LogP) is 2.46. The van der Waals surface area contributed by atoms with Gasteiger partial charge in [0.1, 0.15) is 0 Å². The van der Waals surface area contributed by atoms with E-state index in [0.717, 1.165) is 12.8 Å². The van der Waals surface area contributed by atoms with Crippen LogP contribution in [-0.4, -0.2) is 6.04 Å². The van der Waals surface area contributed by atoms with E-state index < -0.39 is 0 Å². The van der Waals surface area contributed by atoms with E-state index in [1.54, 1.807) is 11.1 Å². The van der Waals surface area contributed by atoms with Gasteiger partial charge in [0.15, 0.2) is 0 Å². The average molecular weight is 189 g/mol. The van der Waals surface area contributed by atoms with Crippen LogP contribution in [0.4, 0.5) is 0 Å². The van der Waals surface area contributed by atoms with Crippen molar-refractivity contribution in [3.63, 3.8) is 0 Å². The third-order valence-corrected chi connectivity index (χ3v) is 3.11. The fourth-order valence-electron chi connectivity index (χ4n) is 2.32. The molecule has 1 aromatic carbocycles. The fourth-order valence-corrected chi connectivity index (χ4v) is 2.32. The molecule has 1 aromatic rings. The van der Waals surface area contributed by atoms with Gasteiger partial charge in [-0.3, -0.25) is 0 Å². The molecule has 0 heterocycles. The first kappa shape index (κ1) is 9.72. The van der Waals surface area contributed by atoms with Gasteiger partial charge in [-0.1, -0.05) is 18.2 Å². The summed E-state index contributed by atoms with van der Waals surface area (Å²) >= 11 is 0. The number of nitrogens with two attached hydrogens (primary N) is 1. The average Bonchev–Trinajstić information content (AvgIpc) is 2.62. The molecule has 1 heteroatoms. The lowest BCUT2D eigenvalue weighted by Crippen LogP contribution is -2.15. The number of fused-ring (bicyclic) bond motifs is 1. The molecule has 1 aliphatic rings. The van der Waals surface area contributed by atoms with E-state index in [4.69, 9.17) is 5.73 Å². The van der Waals surface area contributed by atoms with Crippen LogP contribution in [0.25, 0.3) is 0 Å². The maximum absolute atomic E-state index is 5.79. The van der Waals surface area contributed by atoms with Crippen LogP contribution in [0.15, 0.2) is 18.2 Å². The van der Waals surface area contributed by atoms with Crippen LogP contribution in [-0.2, 0) is 19.3 Å². The highest BCUT2D eigenvalue weighted by Gasteiger charge is 2.13. The number of benzene rings is 1. The van der Waals surface area contributed by atoms with Crippen molar-refractivity contribution in [1.82, 2.24) is 0 Å². The van der Waals surface area contributed by atoms with Crippen molar-refractivity contribution in [3.8, 4) is 0 Å². The lowest BCUT2D eigenvalue weighted by molar-refractivity contribution is 0.663. The van der Waals surface area contributed by atoms with E-state index in [2.05, 4.69) is 25.1 Å². The van der Waals surface area contributed by atoms with Gasteiger partial charge in [-0.05, 0) is 55.7 Å². The van der Waals surface area contributed by atoms with Gasteiger partial charge in [0, 0.05) is 6.04 Å². The minimum Gasteiger partial charge on any atom is -0.328 e. The summed E-state index contributed by atoms with van der Waals surface area (Å²) in [5.74, 6) is 0. The molecule has 0 radical (unpaired) electrons. The molecular formula is C13H19N. The molecule has 76 valence electrons. The lowest BCUT2D eigenvalue weighted by Gasteiger charge is -2.09. The largest absolute Gasteiger partial charge is 0.328 e. The molecule has 0 aliphatic heterocycles. The molecule has 0 aromatic heterocycles. The van der Waals surface area contributed by atoms with E-state index in [9.17, 15) is 0 Å². The summed E-state index contributed by atoms with van der Waals surface area (Å²) in [5.41, 5.74) is 10.5. The zero-order valence-corrected chi connectivity index (χ0v) is 8.92. The molecule has 0 bridgehead atoms. The van der Waals surface area contributed by atoms with Gasteiger partial charge in [-0.25, -0.2) is 0 Å². The molecule has 0 unspecified atom stereocenters. The van der Waals surface area contributed by atoms with Gasteiger partial charge in [0.2, 0.25) is 0 Å². The maximum Gasteiger partial charge on any atom is 0.00136 e. The monoisotopic (exact) mass is 189 g/mol. The molecule has 1 aliphatic carbocycles. The van der Waals surface area contributed by atoms with Crippen molar-refractivity contribution in [2.45, 2.75) is 45.1 Å². The number of hydrogen-bond donors (Lipinski definition) is 1. The Morgan fingerprint density at radius 2 is 2.21 bits per heavy atom. The van der Waals surface area contributed by atoms with Crippen molar-refractivity contribution < 1.29 is 0 Å². The normalized spacial score (nSPS) is 16.7. The second-order valence-electron chi connectivity index (χ2n) is 4.42. The highest BCUT2D eigenvalue weighted by atomic mass is 14.6. The molecule has 1 nitrogen and oxygen atoms in total. The van der Waals surface area contributed by atoms with Gasteiger partial charge in [0.05, 0.1) is 0 Å². The summed E-state index contributed by atoms with van der Waals surface area (Å²) < 4.78 is 0. The summed E-state index contributed by atoms with van der Waals surface area (Å²) in [6.07, 6.45) is 6.16. The molecule has 0 spiro atoms. The van der Waals surface area contributed by atoms with Crippen molar-refractivity contribution in [2.24, 2.45) is 5.73 Å². The Balaban J connectivity index is 2.14. The SMILES string of the molecule is C[C@@H](N)CCc1cccc2c1CCC2. The van der Waals surface area contributed by atoms with E-state index in [1.807, 2.05) is 0 Å². The first-order valence-corrected chi connectivity index (χ1v) is 5.62. The fraction of sp³-hybridized carbons (Fsp3) is 0.538. The van der Waals surface area contributed by atoms with Crippen LogP contribution in [0, 0.1) is 0 Å². The quantitative estimate of drug-likeness (QED) is 0.776. The number of hydrogen-bond acceptors (Lipinski definition) is 1. The lowest BCUT2D eigenvalue weighted by atomic mass is 9.98. The highest BCUT2D eigenvalue weighted by Crippen LogP contribution is 2.26. The Labute approximate surface area is 86.3 Å². The highest BCUT2D eigenvalue weighted by molar-refractivity contribution is 5.38. The zero-order valence-electron chi connectivity index (χ0n) is 8.92. The Kier molecular flexibility index (Phi) is 2.87. The Morgan fingerprint density at radius 1 is 1.36 bits per heavy atom. The van der Waals surface area contributed by atoms with Gasteiger partial charge in [-0.2, -0.15) is 0 Å². The molecule has 2 rings (SSSR count). The Hall–Kier alpha value is -0.820. The maximum atomic E-state index is 5.79. The molecule has 1 atom stereocenters. The third-order valence-electron chi connectivity index (χ3n) is 3.11. The van der Waals surface area contributed by atoms with Crippen LogP contribution in [0.3, 0.4) is 0 Å². The molecule has 14 heavy (non-hydrogen) atoms. The van der Waals surface area contributed by atoms with Gasteiger partial charge in [-0.15, -0.1) is 0 Å². The molecule has 0 saturated carbocycles. The minimum atomic E-state index is 0.326. The van der Waals surface area contributed by atoms with E-state index in [1.165, 1.54) is 24.8 Å². The third kappa shape index (κ3) is 1.98. The molecular weight excluding hydrogens is 170 g/mol. The molecule has 0 saturated heterocycles. The number of aryl methyl sites for hydroxylation is 2. The van der Waals surface area contributed by atoms with Crippen molar-refractivity contribution >= 4 is 0 Å². The summed E-state index contributed by atoms with van der Waals surface area (Å²) in [6, 6.07) is 7.07. The van der Waals surface area contributed by atoms with Crippen LogP contribution in [0.2, 0.25) is 0 Å². The summed E-state index contributed by atoms with van der Waals surface area (Å²) in [4.78, 5) is 0. The molecule has 2 N–H and O–H groups in total. The second kappa shape index (κ2) is 4.14. The van der Waals surface area contributed by atoms with Gasteiger partial charge >= 0.3 is 0 Å². The standard InChI is InChI=1S/C13H19N/c1-10(14)8-9-12-5-2-4-11-6-3-7-13(11)12/h2,4-5,10H,3,6-9,14H2,1H3/t10-/m1/s1. The van der Waals surface area contributed by atoms with Gasteiger partial charge in [0.25, 0.3) is 0 Å². The van der Waals surface area contributed by atoms with Crippen molar-refractivity contribution in [3.05, 3.63) is 34.9 Å². The van der Waals surface area contributed by atoms with Crippen LogP contribution in [0.5, 0.6) is 0 Å².